The lowest BCUT2D eigenvalue weighted by Gasteiger charge is -1.82. The fourth-order valence-electron chi connectivity index (χ4n) is 0.182. The Kier molecular flexibility index (Phi) is 2.25. The quantitative estimate of drug-likeness (QED) is 0.274. The topological polar surface area (TPSA) is 63.2 Å². The molecule has 0 heterocycles. The first-order valence-corrected chi connectivity index (χ1v) is 1.90. The van der Waals surface area contributed by atoms with Crippen LogP contribution in [0.2, 0.25) is 0 Å². The summed E-state index contributed by atoms with van der Waals surface area (Å²) in [4.78, 5) is 10.1. The summed E-state index contributed by atoms with van der Waals surface area (Å²) in [6, 6.07) is 1.46. The third-order valence-corrected chi connectivity index (χ3v) is 0.576. The standard InChI is InChI=1S/C5H3N2O/c1-4(8)5(2-6)3-7/h1H3/q-1. The molecule has 0 amide bonds. The van der Waals surface area contributed by atoms with Gasteiger partial charge in [0, 0.05) is 6.92 Å². The summed E-state index contributed by atoms with van der Waals surface area (Å²) in [6.45, 7) is 1.18. The molecule has 0 aromatic carbocycles. The minimum Gasteiger partial charge on any atom is -0.762 e. The number of hydrogen-bond acceptors (Lipinski definition) is 2. The summed E-state index contributed by atoms with van der Waals surface area (Å²) in [5.74, 6) is 0.980. The van der Waals surface area contributed by atoms with Crippen LogP contribution in [0, 0.1) is 11.3 Å². The highest BCUT2D eigenvalue weighted by molar-refractivity contribution is 6.05. The van der Waals surface area contributed by atoms with Crippen LogP contribution >= 0.6 is 0 Å². The maximum atomic E-state index is 10.1. The van der Waals surface area contributed by atoms with E-state index >= 15 is 0 Å². The Labute approximate surface area is 46.7 Å². The van der Waals surface area contributed by atoms with Crippen LogP contribution in [-0.2, 0) is 4.79 Å². The molecule has 0 saturated heterocycles. The number of Topliss-reactive ketones (excluding diaryl/α,β-unsaturated/α-hetero) is 1. The zero-order chi connectivity index (χ0) is 6.57. The smallest absolute Gasteiger partial charge is 0.176 e. The van der Waals surface area contributed by atoms with Crippen molar-refractivity contribution in [1.82, 2.24) is 0 Å². The first-order chi connectivity index (χ1) is 3.72. The van der Waals surface area contributed by atoms with Crippen molar-refractivity contribution in [3.8, 4) is 6.07 Å². The second-order valence-electron chi connectivity index (χ2n) is 1.15. The molecular weight excluding hydrogens is 104 g/mol. The molecule has 0 aliphatic heterocycles. The van der Waals surface area contributed by atoms with Crippen LogP contribution in [0.5, 0.6) is 0 Å². The molecule has 40 valence electrons. The summed E-state index contributed by atoms with van der Waals surface area (Å²) < 4.78 is 0. The number of nitriles is 1. The van der Waals surface area contributed by atoms with Gasteiger partial charge in [0.1, 0.15) is 11.6 Å². The molecule has 0 atom stereocenters. The Morgan fingerprint density at radius 2 is 2.25 bits per heavy atom. The Bertz CT molecular complexity index is 193. The molecule has 0 aromatic rings. The second kappa shape index (κ2) is 2.73. The highest BCUT2D eigenvalue weighted by Crippen LogP contribution is 1.84. The number of rotatable bonds is 1. The molecule has 0 aliphatic carbocycles. The number of carbonyl (C=O) groups excluding carboxylic acids is 1. The van der Waals surface area contributed by atoms with Gasteiger partial charge in [-0.25, -0.2) is 5.87 Å². The van der Waals surface area contributed by atoms with Crippen molar-refractivity contribution in [2.45, 2.75) is 6.92 Å². The molecule has 0 aromatic heterocycles. The fourth-order valence-corrected chi connectivity index (χ4v) is 0.182. The molecule has 0 N–H and O–H groups in total. The maximum Gasteiger partial charge on any atom is 0.176 e. The Hall–Kier alpha value is -1.39. The van der Waals surface area contributed by atoms with E-state index in [0.29, 0.717) is 0 Å². The van der Waals surface area contributed by atoms with Crippen LogP contribution < -0.4 is 0 Å². The molecule has 8 heavy (non-hydrogen) atoms. The lowest BCUT2D eigenvalue weighted by Crippen LogP contribution is -1.92. The van der Waals surface area contributed by atoms with Crippen molar-refractivity contribution in [3.05, 3.63) is 11.0 Å². The monoisotopic (exact) mass is 107 g/mol. The van der Waals surface area contributed by atoms with Crippen molar-refractivity contribution in [2.24, 2.45) is 0 Å². The van der Waals surface area contributed by atoms with Crippen molar-refractivity contribution in [1.29, 1.82) is 5.26 Å². The van der Waals surface area contributed by atoms with E-state index in [1.165, 1.54) is 18.9 Å². The fraction of sp³-hybridized carbons (Fsp3) is 0.200. The second-order valence-corrected chi connectivity index (χ2v) is 1.15. The normalized spacial score (nSPS) is 6.50. The molecular formula is C5H3N2O-. The van der Waals surface area contributed by atoms with Crippen molar-refractivity contribution in [3.63, 3.8) is 0 Å². The predicted octanol–water partition coefficient (Wildman–Crippen LogP) is 0.264. The van der Waals surface area contributed by atoms with Gasteiger partial charge in [-0.1, -0.05) is 0 Å². The van der Waals surface area contributed by atoms with Gasteiger partial charge in [0.15, 0.2) is 5.78 Å². The molecule has 0 spiro atoms. The molecule has 0 fully saturated rings. The Morgan fingerprint density at radius 3 is 2.25 bits per heavy atom. The lowest BCUT2D eigenvalue weighted by molar-refractivity contribution is -0.113. The lowest BCUT2D eigenvalue weighted by atomic mass is 10.2. The molecule has 0 unspecified atom stereocenters. The van der Waals surface area contributed by atoms with E-state index in [-0.39, 0.29) is 5.57 Å². The summed E-state index contributed by atoms with van der Waals surface area (Å²) in [6.07, 6.45) is 0. The summed E-state index contributed by atoms with van der Waals surface area (Å²) in [5, 5.41) is 15.9. The van der Waals surface area contributed by atoms with Crippen LogP contribution in [0.3, 0.4) is 0 Å². The zero-order valence-corrected chi connectivity index (χ0v) is 4.30. The van der Waals surface area contributed by atoms with Crippen molar-refractivity contribution in [2.75, 3.05) is 0 Å². The number of allylic oxidation sites excluding steroid dienone is 1. The summed E-state index contributed by atoms with van der Waals surface area (Å²) >= 11 is 0. The van der Waals surface area contributed by atoms with E-state index in [1.807, 2.05) is 0 Å². The van der Waals surface area contributed by atoms with Crippen LogP contribution in [-0.4, -0.2) is 11.7 Å². The Balaban J connectivity index is 4.46. The zero-order valence-electron chi connectivity index (χ0n) is 4.30. The van der Waals surface area contributed by atoms with Gasteiger partial charge in [-0.2, -0.15) is 5.26 Å². The third-order valence-electron chi connectivity index (χ3n) is 0.576. The van der Waals surface area contributed by atoms with E-state index in [1.54, 1.807) is 0 Å². The predicted molar refractivity (Wildman–Crippen MR) is 28.2 cm³/mol. The maximum absolute atomic E-state index is 10.1. The van der Waals surface area contributed by atoms with E-state index < -0.39 is 5.78 Å². The number of carbonyl (C=O) groups is 1. The van der Waals surface area contributed by atoms with E-state index in [4.69, 9.17) is 10.7 Å². The number of ketones is 1. The SMILES string of the molecule is CC(=O)C(=C=[N-])C#N. The van der Waals surface area contributed by atoms with E-state index in [9.17, 15) is 4.79 Å². The molecule has 0 rings (SSSR count). The highest BCUT2D eigenvalue weighted by atomic mass is 16.1. The van der Waals surface area contributed by atoms with Crippen LogP contribution in [0.4, 0.5) is 0 Å². The largest absolute Gasteiger partial charge is 0.762 e. The molecule has 0 bridgehead atoms. The molecule has 0 radical (unpaired) electrons. The first-order valence-electron chi connectivity index (χ1n) is 1.90. The number of hydrogen-bond donors (Lipinski definition) is 0. The van der Waals surface area contributed by atoms with Crippen LogP contribution in [0.25, 0.3) is 5.41 Å². The summed E-state index contributed by atoms with van der Waals surface area (Å²) in [7, 11) is 0. The molecule has 3 nitrogen and oxygen atoms in total. The summed E-state index contributed by atoms with van der Waals surface area (Å²) in [5.41, 5.74) is -0.343. The van der Waals surface area contributed by atoms with E-state index in [2.05, 4.69) is 0 Å². The highest BCUT2D eigenvalue weighted by Gasteiger charge is 1.94. The van der Waals surface area contributed by atoms with Crippen molar-refractivity contribution >= 4 is 11.7 Å². The number of nitrogens with zero attached hydrogens (tertiary/aromatic N) is 2. The van der Waals surface area contributed by atoms with Gasteiger partial charge in [0.25, 0.3) is 0 Å². The van der Waals surface area contributed by atoms with E-state index in [0.717, 1.165) is 0 Å². The average molecular weight is 107 g/mol. The molecule has 3 heteroatoms. The van der Waals surface area contributed by atoms with Gasteiger partial charge in [-0.15, -0.1) is 0 Å². The third kappa shape index (κ3) is 1.38. The average Bonchev–Trinajstić information content (AvgIpc) is 1.69. The van der Waals surface area contributed by atoms with Crippen LogP contribution in [0.1, 0.15) is 6.92 Å². The minimum atomic E-state index is -0.477. The van der Waals surface area contributed by atoms with Crippen molar-refractivity contribution < 1.29 is 4.79 Å². The Morgan fingerprint density at radius 1 is 1.75 bits per heavy atom. The van der Waals surface area contributed by atoms with Gasteiger partial charge >= 0.3 is 0 Å². The molecule has 0 saturated carbocycles. The van der Waals surface area contributed by atoms with Gasteiger partial charge in [0.05, 0.1) is 0 Å². The first kappa shape index (κ1) is 6.61. The van der Waals surface area contributed by atoms with Gasteiger partial charge < -0.3 is 5.41 Å². The van der Waals surface area contributed by atoms with Gasteiger partial charge in [-0.3, -0.25) is 4.79 Å². The van der Waals surface area contributed by atoms with Gasteiger partial charge in [0.2, 0.25) is 0 Å². The van der Waals surface area contributed by atoms with Crippen LogP contribution in [0.15, 0.2) is 5.57 Å². The van der Waals surface area contributed by atoms with Gasteiger partial charge in [-0.05, 0) is 0 Å². The minimum absolute atomic E-state index is 0.343. The molecule has 0 aliphatic rings.